The summed E-state index contributed by atoms with van der Waals surface area (Å²) in [6, 6.07) is 5.92. The first-order valence-corrected chi connectivity index (χ1v) is 12.2. The highest BCUT2D eigenvalue weighted by molar-refractivity contribution is 7.89. The predicted molar refractivity (Wildman–Crippen MR) is 123 cm³/mol. The van der Waals surface area contributed by atoms with E-state index < -0.39 is 16.1 Å². The fourth-order valence-electron chi connectivity index (χ4n) is 3.90. The molecule has 0 spiro atoms. The zero-order valence-corrected chi connectivity index (χ0v) is 19.0. The van der Waals surface area contributed by atoms with Crippen molar-refractivity contribution in [2.75, 3.05) is 25.0 Å². The van der Waals surface area contributed by atoms with Gasteiger partial charge in [-0.25, -0.2) is 13.4 Å². The Bertz CT molecular complexity index is 1190. The van der Waals surface area contributed by atoms with E-state index in [-0.39, 0.29) is 17.3 Å². The third-order valence-electron chi connectivity index (χ3n) is 5.76. The maximum Gasteiger partial charge on any atom is 0.243 e. The molecule has 2 aromatic heterocycles. The number of nitrogens with one attached hydrogen (secondary N) is 3. The molecule has 1 amide bonds. The van der Waals surface area contributed by atoms with Crippen LogP contribution in [0.4, 0.5) is 5.95 Å². The number of para-hydroxylation sites is 1. The highest BCUT2D eigenvalue weighted by Gasteiger charge is 2.32. The van der Waals surface area contributed by atoms with Crippen molar-refractivity contribution in [3.8, 4) is 0 Å². The van der Waals surface area contributed by atoms with Crippen LogP contribution in [0.2, 0.25) is 0 Å². The Labute approximate surface area is 187 Å². The molecular formula is C22H28N6O3S. The number of amides is 1. The average Bonchev–Trinajstić information content (AvgIpc) is 3.29. The first-order chi connectivity index (χ1) is 15.3. The Balaban J connectivity index is 1.61. The third kappa shape index (κ3) is 4.91. The van der Waals surface area contributed by atoms with Crippen LogP contribution in [-0.2, 0) is 14.8 Å². The molecule has 170 valence electrons. The summed E-state index contributed by atoms with van der Waals surface area (Å²) in [6.07, 6.45) is 6.68. The summed E-state index contributed by atoms with van der Waals surface area (Å²) in [6.45, 7) is 5.37. The number of anilines is 1. The molecule has 9 nitrogen and oxygen atoms in total. The van der Waals surface area contributed by atoms with Crippen LogP contribution >= 0.6 is 0 Å². The molecule has 1 saturated heterocycles. The maximum absolute atomic E-state index is 13.4. The molecule has 0 aliphatic carbocycles. The van der Waals surface area contributed by atoms with Gasteiger partial charge in [-0.3, -0.25) is 9.78 Å². The van der Waals surface area contributed by atoms with Crippen molar-refractivity contribution in [1.82, 2.24) is 24.6 Å². The molecular weight excluding hydrogens is 428 g/mol. The number of hydrogen-bond acceptors (Lipinski definition) is 6. The van der Waals surface area contributed by atoms with E-state index in [0.29, 0.717) is 30.5 Å². The van der Waals surface area contributed by atoms with Gasteiger partial charge in [-0.2, -0.15) is 4.72 Å². The minimum atomic E-state index is -4.02. The van der Waals surface area contributed by atoms with Crippen molar-refractivity contribution in [2.45, 2.75) is 37.6 Å². The molecule has 0 bridgehead atoms. The van der Waals surface area contributed by atoms with Gasteiger partial charge in [-0.1, -0.05) is 19.1 Å². The second-order valence-corrected chi connectivity index (χ2v) is 10.0. The highest BCUT2D eigenvalue weighted by atomic mass is 32.2. The van der Waals surface area contributed by atoms with E-state index in [2.05, 4.69) is 31.9 Å². The summed E-state index contributed by atoms with van der Waals surface area (Å²) in [7, 11) is -4.02. The molecule has 1 aliphatic heterocycles. The molecule has 10 heteroatoms. The van der Waals surface area contributed by atoms with Gasteiger partial charge in [-0.15, -0.1) is 0 Å². The molecule has 1 aromatic carbocycles. The number of nitrogens with zero attached hydrogens (tertiary/aromatic N) is 3. The molecule has 1 atom stereocenters. The Morgan fingerprint density at radius 2 is 2.06 bits per heavy atom. The third-order valence-corrected chi connectivity index (χ3v) is 7.27. The normalized spacial score (nSPS) is 16.2. The molecule has 1 aliphatic rings. The van der Waals surface area contributed by atoms with Crippen LogP contribution in [-0.4, -0.2) is 59.9 Å². The Hall–Kier alpha value is -2.98. The molecule has 0 unspecified atom stereocenters. The van der Waals surface area contributed by atoms with Crippen LogP contribution in [0, 0.1) is 12.8 Å². The van der Waals surface area contributed by atoms with E-state index in [1.54, 1.807) is 29.6 Å². The number of hydrogen-bond donors (Lipinski definition) is 3. The number of imidazole rings is 1. The van der Waals surface area contributed by atoms with Crippen molar-refractivity contribution < 1.29 is 13.2 Å². The molecule has 1 fully saturated rings. The number of carbonyl (C=O) groups is 1. The van der Waals surface area contributed by atoms with Crippen LogP contribution in [0.5, 0.6) is 0 Å². The molecule has 4 rings (SSSR count). The number of rotatable bonds is 7. The quantitative estimate of drug-likeness (QED) is 0.502. The fraction of sp³-hybridized carbons (Fsp3) is 0.409. The SMILES string of the molecule is Cc1cnc2c(S(=O)(=O)N[C@@H](CNc3ncc[nH]3)C(=O)N3CCC(C)CC3)cccc2c1. The van der Waals surface area contributed by atoms with Gasteiger partial charge >= 0.3 is 0 Å². The number of pyridine rings is 1. The number of H-pyrrole nitrogens is 1. The van der Waals surface area contributed by atoms with Gasteiger partial charge in [0.1, 0.15) is 10.9 Å². The van der Waals surface area contributed by atoms with E-state index in [4.69, 9.17) is 0 Å². The predicted octanol–water partition coefficient (Wildman–Crippen LogP) is 2.28. The highest BCUT2D eigenvalue weighted by Crippen LogP contribution is 2.23. The van der Waals surface area contributed by atoms with Gasteiger partial charge in [-0.05, 0) is 43.4 Å². The summed E-state index contributed by atoms with van der Waals surface area (Å²) in [5, 5.41) is 3.75. The minimum Gasteiger partial charge on any atom is -0.354 e. The van der Waals surface area contributed by atoms with Crippen molar-refractivity contribution in [3.63, 3.8) is 0 Å². The van der Waals surface area contributed by atoms with Crippen LogP contribution in [0.1, 0.15) is 25.3 Å². The summed E-state index contributed by atoms with van der Waals surface area (Å²) in [5.74, 6) is 0.779. The van der Waals surface area contributed by atoms with E-state index in [1.165, 1.54) is 6.07 Å². The minimum absolute atomic E-state index is 0.0538. The zero-order valence-electron chi connectivity index (χ0n) is 18.2. The number of piperidine rings is 1. The van der Waals surface area contributed by atoms with Gasteiger partial charge in [0.25, 0.3) is 0 Å². The van der Waals surface area contributed by atoms with Gasteiger partial charge < -0.3 is 15.2 Å². The van der Waals surface area contributed by atoms with Gasteiger partial charge in [0, 0.05) is 43.6 Å². The number of fused-ring (bicyclic) bond motifs is 1. The van der Waals surface area contributed by atoms with E-state index >= 15 is 0 Å². The van der Waals surface area contributed by atoms with Crippen LogP contribution in [0.3, 0.4) is 0 Å². The van der Waals surface area contributed by atoms with Gasteiger partial charge in [0.2, 0.25) is 15.9 Å². The fourth-order valence-corrected chi connectivity index (χ4v) is 5.27. The van der Waals surface area contributed by atoms with Crippen LogP contribution < -0.4 is 10.0 Å². The molecule has 3 N–H and O–H groups in total. The zero-order chi connectivity index (χ0) is 22.7. The van der Waals surface area contributed by atoms with Gasteiger partial charge in [0.15, 0.2) is 5.95 Å². The maximum atomic E-state index is 13.4. The summed E-state index contributed by atoms with van der Waals surface area (Å²) in [5.41, 5.74) is 1.32. The number of aryl methyl sites for hydroxylation is 1. The number of benzene rings is 1. The standard InChI is InChI=1S/C22H28N6O3S/c1-15-6-10-28(11-7-15)21(29)18(14-26-22-23-8-9-24-22)27-32(30,31)19-5-3-4-17-12-16(2)13-25-20(17)19/h3-5,8-9,12-13,15,18,27H,6-7,10-11,14H2,1-2H3,(H2,23,24,26)/t18-/m0/s1. The van der Waals surface area contributed by atoms with Gasteiger partial charge in [0.05, 0.1) is 5.52 Å². The smallest absolute Gasteiger partial charge is 0.243 e. The molecule has 0 saturated carbocycles. The first kappa shape index (κ1) is 22.2. The molecule has 0 radical (unpaired) electrons. The van der Waals surface area contributed by atoms with Crippen molar-refractivity contribution in [2.24, 2.45) is 5.92 Å². The number of sulfonamides is 1. The Kier molecular flexibility index (Phi) is 6.43. The molecule has 32 heavy (non-hydrogen) atoms. The number of likely N-dealkylation sites (tertiary alicyclic amines) is 1. The van der Waals surface area contributed by atoms with E-state index in [9.17, 15) is 13.2 Å². The number of aromatic nitrogens is 3. The van der Waals surface area contributed by atoms with Crippen molar-refractivity contribution in [3.05, 3.63) is 48.4 Å². The lowest BCUT2D eigenvalue weighted by atomic mass is 9.99. The average molecular weight is 457 g/mol. The van der Waals surface area contributed by atoms with Crippen molar-refractivity contribution >= 4 is 32.8 Å². The summed E-state index contributed by atoms with van der Waals surface area (Å²) in [4.78, 5) is 26.4. The van der Waals surface area contributed by atoms with Crippen LogP contribution in [0.25, 0.3) is 10.9 Å². The lowest BCUT2D eigenvalue weighted by Crippen LogP contribution is -2.53. The summed E-state index contributed by atoms with van der Waals surface area (Å²) >= 11 is 0. The van der Waals surface area contributed by atoms with E-state index in [0.717, 1.165) is 23.8 Å². The topological polar surface area (TPSA) is 120 Å². The number of carbonyl (C=O) groups excluding carboxylic acids is 1. The van der Waals surface area contributed by atoms with E-state index in [1.807, 2.05) is 19.1 Å². The largest absolute Gasteiger partial charge is 0.354 e. The molecule has 3 heterocycles. The monoisotopic (exact) mass is 456 g/mol. The Morgan fingerprint density at radius 1 is 1.28 bits per heavy atom. The Morgan fingerprint density at radius 3 is 2.78 bits per heavy atom. The lowest BCUT2D eigenvalue weighted by Gasteiger charge is -2.33. The second-order valence-electron chi connectivity index (χ2n) is 8.34. The second kappa shape index (κ2) is 9.25. The number of aromatic amines is 1. The summed E-state index contributed by atoms with van der Waals surface area (Å²) < 4.78 is 29.4. The first-order valence-electron chi connectivity index (χ1n) is 10.7. The van der Waals surface area contributed by atoms with Crippen LogP contribution in [0.15, 0.2) is 47.8 Å². The molecule has 3 aromatic rings. The lowest BCUT2D eigenvalue weighted by molar-refractivity contribution is -0.134. The van der Waals surface area contributed by atoms with Crippen molar-refractivity contribution in [1.29, 1.82) is 0 Å².